The minimum atomic E-state index is -0.0214. The second-order valence-electron chi connectivity index (χ2n) is 5.51. The summed E-state index contributed by atoms with van der Waals surface area (Å²) in [6.45, 7) is 8.45. The van der Waals surface area contributed by atoms with Gasteiger partial charge >= 0.3 is 0 Å². The first-order chi connectivity index (χ1) is 7.80. The highest BCUT2D eigenvalue weighted by Gasteiger charge is 2.19. The van der Waals surface area contributed by atoms with Crippen molar-refractivity contribution in [1.82, 2.24) is 0 Å². The molecule has 2 rings (SSSR count). The summed E-state index contributed by atoms with van der Waals surface area (Å²) in [7, 11) is 0. The monoisotopic (exact) mass is 248 g/mol. The Bertz CT molecular complexity index is 579. The average molecular weight is 249 g/mol. The number of aryl methyl sites for hydroxylation is 1. The molecule has 0 heterocycles. The zero-order valence-corrected chi connectivity index (χ0v) is 11.4. The smallest absolute Gasteiger partial charge is 0.116 e. The van der Waals surface area contributed by atoms with E-state index < -0.39 is 0 Å². The summed E-state index contributed by atoms with van der Waals surface area (Å²) in [5.41, 5.74) is 2.19. The van der Waals surface area contributed by atoms with Crippen molar-refractivity contribution in [3.8, 4) is 5.75 Å². The summed E-state index contributed by atoms with van der Waals surface area (Å²) in [6, 6.07) is 7.46. The van der Waals surface area contributed by atoms with Crippen molar-refractivity contribution in [1.29, 1.82) is 0 Å². The van der Waals surface area contributed by atoms with E-state index in [2.05, 4.69) is 20.8 Å². The first-order valence-electron chi connectivity index (χ1n) is 5.73. The van der Waals surface area contributed by atoms with Crippen LogP contribution in [-0.4, -0.2) is 5.11 Å². The molecule has 0 aliphatic heterocycles. The number of phenolic OH excluding ortho intramolecular Hbond substituents is 1. The summed E-state index contributed by atoms with van der Waals surface area (Å²) >= 11 is 6.19. The number of halogens is 1. The molecule has 0 aliphatic rings. The quantitative estimate of drug-likeness (QED) is 0.710. The molecule has 0 aromatic heterocycles. The fraction of sp³-hybridized carbons (Fsp3) is 0.333. The van der Waals surface area contributed by atoms with E-state index in [-0.39, 0.29) is 5.41 Å². The highest BCUT2D eigenvalue weighted by Crippen LogP contribution is 2.37. The Morgan fingerprint density at radius 2 is 1.76 bits per heavy atom. The Morgan fingerprint density at radius 3 is 2.35 bits per heavy atom. The van der Waals surface area contributed by atoms with Crippen LogP contribution in [0.4, 0.5) is 0 Å². The van der Waals surface area contributed by atoms with Gasteiger partial charge in [-0.3, -0.25) is 0 Å². The maximum atomic E-state index is 9.80. The molecule has 2 aromatic rings. The molecule has 0 atom stereocenters. The van der Waals surface area contributed by atoms with Crippen molar-refractivity contribution < 1.29 is 5.11 Å². The van der Waals surface area contributed by atoms with Crippen molar-refractivity contribution in [3.05, 3.63) is 40.4 Å². The largest absolute Gasteiger partial charge is 0.508 e. The lowest BCUT2D eigenvalue weighted by Gasteiger charge is -2.23. The van der Waals surface area contributed by atoms with E-state index in [1.165, 1.54) is 0 Å². The van der Waals surface area contributed by atoms with E-state index in [4.69, 9.17) is 11.6 Å². The van der Waals surface area contributed by atoms with Gasteiger partial charge in [0.1, 0.15) is 5.75 Å². The highest BCUT2D eigenvalue weighted by molar-refractivity contribution is 6.32. The van der Waals surface area contributed by atoms with Crippen LogP contribution in [0.15, 0.2) is 24.3 Å². The Kier molecular flexibility index (Phi) is 2.82. The Balaban J connectivity index is 2.95. The molecule has 0 aliphatic carbocycles. The number of aromatic hydroxyl groups is 1. The predicted octanol–water partition coefficient (Wildman–Crippen LogP) is 4.80. The Labute approximate surface area is 107 Å². The fourth-order valence-electron chi connectivity index (χ4n) is 2.20. The van der Waals surface area contributed by atoms with Crippen LogP contribution in [0.2, 0.25) is 5.02 Å². The molecule has 1 N–H and O–H groups in total. The Hall–Kier alpha value is -1.21. The van der Waals surface area contributed by atoms with Gasteiger partial charge in [-0.05, 0) is 52.4 Å². The van der Waals surface area contributed by atoms with Gasteiger partial charge in [0, 0.05) is 5.02 Å². The topological polar surface area (TPSA) is 20.2 Å². The van der Waals surface area contributed by atoms with E-state index in [1.807, 2.05) is 25.1 Å². The summed E-state index contributed by atoms with van der Waals surface area (Å²) in [5, 5.41) is 12.8. The molecule has 0 saturated heterocycles. The molecule has 0 saturated carbocycles. The number of rotatable bonds is 0. The van der Waals surface area contributed by atoms with Gasteiger partial charge in [-0.15, -0.1) is 0 Å². The fourth-order valence-corrected chi connectivity index (χ4v) is 2.36. The molecule has 90 valence electrons. The minimum Gasteiger partial charge on any atom is -0.508 e. The van der Waals surface area contributed by atoms with Gasteiger partial charge < -0.3 is 5.11 Å². The minimum absolute atomic E-state index is 0.0214. The molecule has 17 heavy (non-hydrogen) atoms. The molecule has 0 unspecified atom stereocenters. The normalized spacial score (nSPS) is 12.1. The second-order valence-corrected chi connectivity index (χ2v) is 5.92. The molecule has 0 amide bonds. The number of benzene rings is 2. The van der Waals surface area contributed by atoms with Crippen molar-refractivity contribution >= 4 is 22.4 Å². The molecule has 0 spiro atoms. The summed E-state index contributed by atoms with van der Waals surface area (Å²) in [5.74, 6) is 0.309. The third-order valence-corrected chi connectivity index (χ3v) is 3.51. The van der Waals surface area contributed by atoms with Crippen LogP contribution in [0, 0.1) is 6.92 Å². The van der Waals surface area contributed by atoms with E-state index in [0.29, 0.717) is 5.75 Å². The molecule has 2 aromatic carbocycles. The first kappa shape index (κ1) is 12.3. The number of fused-ring (bicyclic) bond motifs is 1. The highest BCUT2D eigenvalue weighted by atomic mass is 35.5. The number of phenols is 1. The molecular formula is C15H17ClO. The van der Waals surface area contributed by atoms with E-state index >= 15 is 0 Å². The second kappa shape index (κ2) is 3.92. The van der Waals surface area contributed by atoms with Gasteiger partial charge in [0.15, 0.2) is 0 Å². The molecular weight excluding hydrogens is 232 g/mol. The van der Waals surface area contributed by atoms with Crippen LogP contribution in [0.1, 0.15) is 31.9 Å². The first-order valence-corrected chi connectivity index (χ1v) is 6.11. The number of hydrogen-bond acceptors (Lipinski definition) is 1. The van der Waals surface area contributed by atoms with Crippen LogP contribution in [0.25, 0.3) is 10.8 Å². The van der Waals surface area contributed by atoms with Gasteiger partial charge in [0.25, 0.3) is 0 Å². The van der Waals surface area contributed by atoms with Gasteiger partial charge in [-0.1, -0.05) is 38.4 Å². The van der Waals surface area contributed by atoms with Crippen LogP contribution in [-0.2, 0) is 5.41 Å². The molecule has 0 bridgehead atoms. The van der Waals surface area contributed by atoms with Gasteiger partial charge in [0.2, 0.25) is 0 Å². The number of hydrogen-bond donors (Lipinski definition) is 1. The molecule has 0 fully saturated rings. The van der Waals surface area contributed by atoms with E-state index in [9.17, 15) is 5.11 Å². The van der Waals surface area contributed by atoms with Gasteiger partial charge in [0.05, 0.1) is 0 Å². The molecule has 0 radical (unpaired) electrons. The zero-order valence-electron chi connectivity index (χ0n) is 10.6. The van der Waals surface area contributed by atoms with Crippen molar-refractivity contribution in [2.24, 2.45) is 0 Å². The van der Waals surface area contributed by atoms with E-state index in [0.717, 1.165) is 26.9 Å². The SMILES string of the molecule is Cc1c(Cl)ccc2cc(O)cc(C(C)(C)C)c12. The van der Waals surface area contributed by atoms with E-state index in [1.54, 1.807) is 6.07 Å². The third-order valence-electron chi connectivity index (χ3n) is 3.10. The van der Waals surface area contributed by atoms with Crippen LogP contribution >= 0.6 is 11.6 Å². The van der Waals surface area contributed by atoms with Gasteiger partial charge in [-0.25, -0.2) is 0 Å². The van der Waals surface area contributed by atoms with Gasteiger partial charge in [-0.2, -0.15) is 0 Å². The van der Waals surface area contributed by atoms with Crippen LogP contribution < -0.4 is 0 Å². The predicted molar refractivity (Wildman–Crippen MR) is 74.1 cm³/mol. The molecule has 1 nitrogen and oxygen atoms in total. The van der Waals surface area contributed by atoms with Crippen molar-refractivity contribution in [3.63, 3.8) is 0 Å². The lowest BCUT2D eigenvalue weighted by Crippen LogP contribution is -2.12. The summed E-state index contributed by atoms with van der Waals surface area (Å²) < 4.78 is 0. The summed E-state index contributed by atoms with van der Waals surface area (Å²) in [4.78, 5) is 0. The maximum absolute atomic E-state index is 9.80. The lowest BCUT2D eigenvalue weighted by atomic mass is 9.82. The molecule has 2 heteroatoms. The van der Waals surface area contributed by atoms with Crippen LogP contribution in [0.3, 0.4) is 0 Å². The lowest BCUT2D eigenvalue weighted by molar-refractivity contribution is 0.472. The maximum Gasteiger partial charge on any atom is 0.116 e. The van der Waals surface area contributed by atoms with Crippen molar-refractivity contribution in [2.75, 3.05) is 0 Å². The average Bonchev–Trinajstić information content (AvgIpc) is 2.21. The zero-order chi connectivity index (χ0) is 12.8. The standard InChI is InChI=1S/C15H17ClO/c1-9-13(16)6-5-10-7-11(17)8-12(14(9)10)15(2,3)4/h5-8,17H,1-4H3. The Morgan fingerprint density at radius 1 is 1.12 bits per heavy atom. The third kappa shape index (κ3) is 2.12. The van der Waals surface area contributed by atoms with Crippen LogP contribution in [0.5, 0.6) is 5.75 Å². The summed E-state index contributed by atoms with van der Waals surface area (Å²) in [6.07, 6.45) is 0. The van der Waals surface area contributed by atoms with Crippen molar-refractivity contribution in [2.45, 2.75) is 33.1 Å².